The Bertz CT molecular complexity index is 217. The van der Waals surface area contributed by atoms with Crippen molar-refractivity contribution in [1.82, 2.24) is 10.6 Å². The number of hydrogen-bond donors (Lipinski definition) is 3. The minimum absolute atomic E-state index is 0.0863. The first-order valence-electron chi connectivity index (χ1n) is 4.34. The molecule has 2 amide bonds. The summed E-state index contributed by atoms with van der Waals surface area (Å²) in [5.41, 5.74) is 0. The topological polar surface area (TPSA) is 78.4 Å². The van der Waals surface area contributed by atoms with Crippen molar-refractivity contribution in [2.45, 2.75) is 31.8 Å². The third-order valence-corrected chi connectivity index (χ3v) is 1.97. The van der Waals surface area contributed by atoms with Crippen LogP contribution < -0.4 is 10.6 Å². The molecular formula is C8H14N2O3. The van der Waals surface area contributed by atoms with Crippen LogP contribution in [0.4, 0.5) is 0 Å². The Kier molecular flexibility index (Phi) is 3.25. The number of carbonyl (C=O) groups is 2. The van der Waals surface area contributed by atoms with Crippen molar-refractivity contribution in [3.63, 3.8) is 0 Å². The van der Waals surface area contributed by atoms with E-state index >= 15 is 0 Å². The number of rotatable bonds is 3. The molecule has 2 atom stereocenters. The van der Waals surface area contributed by atoms with Gasteiger partial charge in [-0.1, -0.05) is 0 Å². The van der Waals surface area contributed by atoms with E-state index in [0.29, 0.717) is 12.8 Å². The number of nitrogens with one attached hydrogen (secondary N) is 2. The summed E-state index contributed by atoms with van der Waals surface area (Å²) < 4.78 is 0. The predicted molar refractivity (Wildman–Crippen MR) is 45.9 cm³/mol. The first-order valence-corrected chi connectivity index (χ1v) is 4.34. The van der Waals surface area contributed by atoms with Gasteiger partial charge in [0.05, 0.1) is 6.61 Å². The highest BCUT2D eigenvalue weighted by Crippen LogP contribution is 2.06. The first kappa shape index (κ1) is 9.98. The van der Waals surface area contributed by atoms with Crippen LogP contribution in [-0.4, -0.2) is 35.6 Å². The number of aliphatic hydroxyl groups excluding tert-OH is 1. The van der Waals surface area contributed by atoms with E-state index in [1.807, 2.05) is 0 Å². The fourth-order valence-corrected chi connectivity index (χ4v) is 1.20. The summed E-state index contributed by atoms with van der Waals surface area (Å²) in [6.45, 7) is 1.61. The van der Waals surface area contributed by atoms with E-state index in [4.69, 9.17) is 5.11 Å². The van der Waals surface area contributed by atoms with Crippen LogP contribution >= 0.6 is 0 Å². The van der Waals surface area contributed by atoms with Gasteiger partial charge in [-0.05, 0) is 13.3 Å². The van der Waals surface area contributed by atoms with Gasteiger partial charge < -0.3 is 15.7 Å². The SMILES string of the molecule is C[C@@H](CO)NC(=O)C1CCC(=O)N1. The van der Waals surface area contributed by atoms with Crippen molar-refractivity contribution in [1.29, 1.82) is 0 Å². The lowest BCUT2D eigenvalue weighted by Gasteiger charge is -2.14. The van der Waals surface area contributed by atoms with Crippen LogP contribution in [0.3, 0.4) is 0 Å². The molecule has 0 aromatic rings. The molecule has 5 nitrogen and oxygen atoms in total. The Hall–Kier alpha value is -1.10. The Morgan fingerprint density at radius 3 is 3.00 bits per heavy atom. The fraction of sp³-hybridized carbons (Fsp3) is 0.750. The van der Waals surface area contributed by atoms with E-state index in [1.54, 1.807) is 6.92 Å². The van der Waals surface area contributed by atoms with Gasteiger partial charge in [0.25, 0.3) is 0 Å². The Morgan fingerprint density at radius 2 is 2.54 bits per heavy atom. The number of hydrogen-bond acceptors (Lipinski definition) is 3. The highest BCUT2D eigenvalue weighted by Gasteiger charge is 2.27. The molecule has 1 rings (SSSR count). The van der Waals surface area contributed by atoms with Gasteiger partial charge in [0.1, 0.15) is 6.04 Å². The van der Waals surface area contributed by atoms with Crippen LogP contribution in [0.25, 0.3) is 0 Å². The van der Waals surface area contributed by atoms with Crippen molar-refractivity contribution in [2.75, 3.05) is 6.61 Å². The average Bonchev–Trinajstić information content (AvgIpc) is 2.51. The molecule has 0 radical (unpaired) electrons. The third-order valence-electron chi connectivity index (χ3n) is 1.97. The van der Waals surface area contributed by atoms with E-state index < -0.39 is 6.04 Å². The first-order chi connectivity index (χ1) is 6.13. The molecule has 5 heteroatoms. The van der Waals surface area contributed by atoms with Crippen molar-refractivity contribution >= 4 is 11.8 Å². The number of amides is 2. The van der Waals surface area contributed by atoms with E-state index in [9.17, 15) is 9.59 Å². The van der Waals surface area contributed by atoms with Crippen molar-refractivity contribution in [3.8, 4) is 0 Å². The quantitative estimate of drug-likeness (QED) is 0.516. The van der Waals surface area contributed by atoms with E-state index in [1.165, 1.54) is 0 Å². The lowest BCUT2D eigenvalue weighted by atomic mass is 10.2. The molecule has 0 bridgehead atoms. The summed E-state index contributed by atoms with van der Waals surface area (Å²) in [4.78, 5) is 22.1. The summed E-state index contributed by atoms with van der Waals surface area (Å²) >= 11 is 0. The second kappa shape index (κ2) is 4.23. The fourth-order valence-electron chi connectivity index (χ4n) is 1.20. The molecule has 0 aliphatic carbocycles. The zero-order chi connectivity index (χ0) is 9.84. The van der Waals surface area contributed by atoms with Crippen LogP contribution in [0, 0.1) is 0 Å². The Balaban J connectivity index is 2.35. The van der Waals surface area contributed by atoms with Crippen molar-refractivity contribution < 1.29 is 14.7 Å². The second-order valence-corrected chi connectivity index (χ2v) is 3.25. The van der Waals surface area contributed by atoms with Gasteiger partial charge in [-0.25, -0.2) is 0 Å². The van der Waals surface area contributed by atoms with Crippen LogP contribution in [0.2, 0.25) is 0 Å². The number of carbonyl (C=O) groups excluding carboxylic acids is 2. The predicted octanol–water partition coefficient (Wildman–Crippen LogP) is -1.24. The summed E-state index contributed by atoms with van der Waals surface area (Å²) in [6, 6.07) is -0.675. The second-order valence-electron chi connectivity index (χ2n) is 3.25. The highest BCUT2D eigenvalue weighted by molar-refractivity contribution is 5.90. The van der Waals surface area contributed by atoms with E-state index in [0.717, 1.165) is 0 Å². The zero-order valence-electron chi connectivity index (χ0n) is 7.54. The van der Waals surface area contributed by atoms with E-state index in [2.05, 4.69) is 10.6 Å². The smallest absolute Gasteiger partial charge is 0.242 e. The molecule has 0 saturated carbocycles. The molecule has 1 aliphatic rings. The third kappa shape index (κ3) is 2.69. The summed E-state index contributed by atoms with van der Waals surface area (Å²) in [5, 5.41) is 13.8. The van der Waals surface area contributed by atoms with Gasteiger partial charge in [0.15, 0.2) is 0 Å². The van der Waals surface area contributed by atoms with Crippen LogP contribution in [0.5, 0.6) is 0 Å². The summed E-state index contributed by atoms with van der Waals surface area (Å²) in [7, 11) is 0. The highest BCUT2D eigenvalue weighted by atomic mass is 16.3. The maximum atomic E-state index is 11.3. The molecule has 3 N–H and O–H groups in total. The summed E-state index contributed by atoms with van der Waals surface area (Å²) in [5.74, 6) is -0.302. The molecular weight excluding hydrogens is 172 g/mol. The van der Waals surface area contributed by atoms with Gasteiger partial charge >= 0.3 is 0 Å². The van der Waals surface area contributed by atoms with E-state index in [-0.39, 0.29) is 24.5 Å². The van der Waals surface area contributed by atoms with Crippen LogP contribution in [0.1, 0.15) is 19.8 Å². The van der Waals surface area contributed by atoms with Crippen LogP contribution in [-0.2, 0) is 9.59 Å². The standard InChI is InChI=1S/C8H14N2O3/c1-5(4-11)9-8(13)6-2-3-7(12)10-6/h5-6,11H,2-4H2,1H3,(H,9,13)(H,10,12)/t5-,6?/m0/s1. The van der Waals surface area contributed by atoms with Gasteiger partial charge in [-0.2, -0.15) is 0 Å². The van der Waals surface area contributed by atoms with Crippen LogP contribution in [0.15, 0.2) is 0 Å². The largest absolute Gasteiger partial charge is 0.394 e. The molecule has 0 spiro atoms. The minimum Gasteiger partial charge on any atom is -0.394 e. The molecule has 74 valence electrons. The minimum atomic E-state index is -0.415. The van der Waals surface area contributed by atoms with Crippen molar-refractivity contribution in [3.05, 3.63) is 0 Å². The molecule has 1 fully saturated rings. The van der Waals surface area contributed by atoms with Crippen molar-refractivity contribution in [2.24, 2.45) is 0 Å². The Labute approximate surface area is 76.5 Å². The molecule has 1 unspecified atom stereocenters. The maximum absolute atomic E-state index is 11.3. The molecule has 0 aromatic heterocycles. The zero-order valence-corrected chi connectivity index (χ0v) is 7.54. The summed E-state index contributed by atoms with van der Waals surface area (Å²) in [6.07, 6.45) is 0.953. The monoisotopic (exact) mass is 186 g/mol. The van der Waals surface area contributed by atoms with Gasteiger partial charge in [0, 0.05) is 12.5 Å². The molecule has 0 aromatic carbocycles. The van der Waals surface area contributed by atoms with Gasteiger partial charge in [-0.3, -0.25) is 9.59 Å². The molecule has 1 aliphatic heterocycles. The van der Waals surface area contributed by atoms with Gasteiger partial charge in [0.2, 0.25) is 11.8 Å². The maximum Gasteiger partial charge on any atom is 0.242 e. The van der Waals surface area contributed by atoms with Gasteiger partial charge in [-0.15, -0.1) is 0 Å². The Morgan fingerprint density at radius 1 is 1.85 bits per heavy atom. The normalized spacial score (nSPS) is 23.8. The average molecular weight is 186 g/mol. The molecule has 1 heterocycles. The lowest BCUT2D eigenvalue weighted by Crippen LogP contribution is -2.46. The number of aliphatic hydroxyl groups is 1. The molecule has 13 heavy (non-hydrogen) atoms. The molecule has 1 saturated heterocycles. The lowest BCUT2D eigenvalue weighted by molar-refractivity contribution is -0.126.